The molecule has 0 amide bonds. The Bertz CT molecular complexity index is 400. The van der Waals surface area contributed by atoms with Crippen molar-refractivity contribution < 1.29 is 8.42 Å². The van der Waals surface area contributed by atoms with E-state index in [1.165, 1.54) is 0 Å². The third-order valence-electron chi connectivity index (χ3n) is 1.93. The number of alkyl halides is 1. The molecule has 1 rings (SSSR count). The average Bonchev–Trinajstić information content (AvgIpc) is 2.26. The van der Waals surface area contributed by atoms with Crippen LogP contribution in [0, 0.1) is 0 Å². The molecule has 1 N–H and O–H groups in total. The van der Waals surface area contributed by atoms with Gasteiger partial charge in [-0.05, 0) is 24.1 Å². The van der Waals surface area contributed by atoms with Crippen molar-refractivity contribution in [1.29, 1.82) is 0 Å². The van der Waals surface area contributed by atoms with Crippen molar-refractivity contribution in [3.8, 4) is 0 Å². The maximum Gasteiger partial charge on any atom is 0.240 e. The highest BCUT2D eigenvalue weighted by molar-refractivity contribution is 9.08. The molecule has 0 aromatic heterocycles. The van der Waals surface area contributed by atoms with Gasteiger partial charge in [0.1, 0.15) is 0 Å². The molecule has 0 radical (unpaired) electrons. The van der Waals surface area contributed by atoms with E-state index in [1.807, 2.05) is 6.92 Å². The zero-order valence-electron chi connectivity index (χ0n) is 8.53. The van der Waals surface area contributed by atoms with E-state index in [-0.39, 0.29) is 0 Å². The lowest BCUT2D eigenvalue weighted by atomic mass is 10.2. The fourth-order valence-corrected chi connectivity index (χ4v) is 2.59. The molecule has 0 fully saturated rings. The molecule has 3 nitrogen and oxygen atoms in total. The zero-order valence-corrected chi connectivity index (χ0v) is 10.9. The number of benzene rings is 1. The van der Waals surface area contributed by atoms with Gasteiger partial charge in [0.2, 0.25) is 10.0 Å². The lowest BCUT2D eigenvalue weighted by Gasteiger charge is -2.05. The molecule has 0 aliphatic heterocycles. The summed E-state index contributed by atoms with van der Waals surface area (Å²) in [4.78, 5) is 0.320. The summed E-state index contributed by atoms with van der Waals surface area (Å²) in [6.07, 6.45) is 0.790. The first-order valence-electron chi connectivity index (χ1n) is 4.74. The first-order valence-corrected chi connectivity index (χ1v) is 7.35. The summed E-state index contributed by atoms with van der Waals surface area (Å²) in [6.45, 7) is 2.40. The predicted molar refractivity (Wildman–Crippen MR) is 64.6 cm³/mol. The molecule has 0 spiro atoms. The molecule has 0 bridgehead atoms. The van der Waals surface area contributed by atoms with Crippen molar-refractivity contribution in [2.24, 2.45) is 0 Å². The van der Waals surface area contributed by atoms with Crippen LogP contribution < -0.4 is 4.72 Å². The Morgan fingerprint density at radius 2 is 1.87 bits per heavy atom. The van der Waals surface area contributed by atoms with Crippen LogP contribution in [-0.4, -0.2) is 15.0 Å². The standard InChI is InChI=1S/C10H14BrNO2S/c1-2-7-12-15(13,14)10-5-3-9(8-11)4-6-10/h3-6,12H,2,7-8H2,1H3. The van der Waals surface area contributed by atoms with E-state index in [0.29, 0.717) is 11.4 Å². The normalized spacial score (nSPS) is 11.6. The fourth-order valence-electron chi connectivity index (χ4n) is 1.08. The van der Waals surface area contributed by atoms with Gasteiger partial charge in [-0.1, -0.05) is 35.0 Å². The second-order valence-corrected chi connectivity index (χ2v) is 5.50. The van der Waals surface area contributed by atoms with Crippen molar-refractivity contribution in [2.45, 2.75) is 23.6 Å². The van der Waals surface area contributed by atoms with Gasteiger partial charge >= 0.3 is 0 Å². The number of hydrogen-bond donors (Lipinski definition) is 1. The molecule has 1 aromatic carbocycles. The molecule has 0 unspecified atom stereocenters. The van der Waals surface area contributed by atoms with E-state index in [2.05, 4.69) is 20.7 Å². The molecule has 0 saturated heterocycles. The number of nitrogens with one attached hydrogen (secondary N) is 1. The van der Waals surface area contributed by atoms with Crippen molar-refractivity contribution in [1.82, 2.24) is 4.72 Å². The highest BCUT2D eigenvalue weighted by Crippen LogP contribution is 2.12. The third kappa shape index (κ3) is 3.59. The third-order valence-corrected chi connectivity index (χ3v) is 4.05. The Morgan fingerprint density at radius 1 is 1.27 bits per heavy atom. The van der Waals surface area contributed by atoms with E-state index in [9.17, 15) is 8.42 Å². The molecule has 15 heavy (non-hydrogen) atoms. The largest absolute Gasteiger partial charge is 0.240 e. The summed E-state index contributed by atoms with van der Waals surface area (Å²) in [5.41, 5.74) is 1.06. The number of rotatable bonds is 5. The summed E-state index contributed by atoms with van der Waals surface area (Å²) in [6, 6.07) is 6.84. The monoisotopic (exact) mass is 291 g/mol. The first kappa shape index (κ1) is 12.7. The first-order chi connectivity index (χ1) is 7.10. The zero-order chi connectivity index (χ0) is 11.3. The van der Waals surface area contributed by atoms with Crippen LogP contribution in [0.2, 0.25) is 0 Å². The van der Waals surface area contributed by atoms with Crippen molar-refractivity contribution >= 4 is 26.0 Å². The fraction of sp³-hybridized carbons (Fsp3) is 0.400. The second kappa shape index (κ2) is 5.63. The molecular weight excluding hydrogens is 278 g/mol. The van der Waals surface area contributed by atoms with Crippen LogP contribution in [0.4, 0.5) is 0 Å². The highest BCUT2D eigenvalue weighted by Gasteiger charge is 2.11. The van der Waals surface area contributed by atoms with E-state index >= 15 is 0 Å². The minimum atomic E-state index is -3.31. The van der Waals surface area contributed by atoms with Crippen molar-refractivity contribution in [3.63, 3.8) is 0 Å². The predicted octanol–water partition coefficient (Wildman–Crippen LogP) is 2.27. The van der Waals surface area contributed by atoms with Gasteiger partial charge in [0, 0.05) is 11.9 Å². The summed E-state index contributed by atoms with van der Waals surface area (Å²) in [5.74, 6) is 0. The van der Waals surface area contributed by atoms with Crippen LogP contribution in [0.25, 0.3) is 0 Å². The van der Waals surface area contributed by atoms with Crippen LogP contribution in [0.15, 0.2) is 29.2 Å². The van der Waals surface area contributed by atoms with Gasteiger partial charge in [-0.3, -0.25) is 0 Å². The molecule has 5 heteroatoms. The van der Waals surface area contributed by atoms with Gasteiger partial charge in [0.15, 0.2) is 0 Å². The molecular formula is C10H14BrNO2S. The Labute approximate surface area is 99.1 Å². The van der Waals surface area contributed by atoms with E-state index < -0.39 is 10.0 Å². The molecule has 0 saturated carbocycles. The maximum absolute atomic E-state index is 11.7. The van der Waals surface area contributed by atoms with Crippen LogP contribution in [-0.2, 0) is 15.4 Å². The van der Waals surface area contributed by atoms with Gasteiger partial charge in [0.25, 0.3) is 0 Å². The van der Waals surface area contributed by atoms with Crippen LogP contribution >= 0.6 is 15.9 Å². The van der Waals surface area contributed by atoms with E-state index in [0.717, 1.165) is 17.3 Å². The summed E-state index contributed by atoms with van der Waals surface area (Å²) >= 11 is 3.31. The molecule has 0 atom stereocenters. The van der Waals surface area contributed by atoms with E-state index in [4.69, 9.17) is 0 Å². The Kier molecular flexibility index (Phi) is 4.76. The van der Waals surface area contributed by atoms with E-state index in [1.54, 1.807) is 24.3 Å². The van der Waals surface area contributed by atoms with Gasteiger partial charge in [-0.2, -0.15) is 0 Å². The lowest BCUT2D eigenvalue weighted by Crippen LogP contribution is -2.24. The van der Waals surface area contributed by atoms with Crippen molar-refractivity contribution in [3.05, 3.63) is 29.8 Å². The topological polar surface area (TPSA) is 46.2 Å². The number of hydrogen-bond acceptors (Lipinski definition) is 2. The highest BCUT2D eigenvalue weighted by atomic mass is 79.9. The Balaban J connectivity index is 2.86. The summed E-state index contributed by atoms with van der Waals surface area (Å²) in [5, 5.41) is 0.732. The second-order valence-electron chi connectivity index (χ2n) is 3.18. The minimum absolute atomic E-state index is 0.320. The molecule has 0 heterocycles. The van der Waals surface area contributed by atoms with Crippen LogP contribution in [0.5, 0.6) is 0 Å². The summed E-state index contributed by atoms with van der Waals surface area (Å²) in [7, 11) is -3.31. The van der Waals surface area contributed by atoms with Crippen molar-refractivity contribution in [2.75, 3.05) is 6.54 Å². The average molecular weight is 292 g/mol. The number of halogens is 1. The molecule has 84 valence electrons. The Hall–Kier alpha value is -0.390. The lowest BCUT2D eigenvalue weighted by molar-refractivity contribution is 0.581. The summed E-state index contributed by atoms with van der Waals surface area (Å²) < 4.78 is 25.9. The SMILES string of the molecule is CCCNS(=O)(=O)c1ccc(CBr)cc1. The molecule has 0 aliphatic carbocycles. The van der Waals surface area contributed by atoms with Crippen LogP contribution in [0.3, 0.4) is 0 Å². The maximum atomic E-state index is 11.7. The number of sulfonamides is 1. The quantitative estimate of drug-likeness (QED) is 0.846. The molecule has 1 aromatic rings. The van der Waals surface area contributed by atoms with Gasteiger partial charge in [0.05, 0.1) is 4.90 Å². The van der Waals surface area contributed by atoms with Gasteiger partial charge in [-0.25, -0.2) is 13.1 Å². The smallest absolute Gasteiger partial charge is 0.211 e. The van der Waals surface area contributed by atoms with Gasteiger partial charge < -0.3 is 0 Å². The Morgan fingerprint density at radius 3 is 2.33 bits per heavy atom. The molecule has 0 aliphatic rings. The minimum Gasteiger partial charge on any atom is -0.211 e. The van der Waals surface area contributed by atoms with Gasteiger partial charge in [-0.15, -0.1) is 0 Å². The van der Waals surface area contributed by atoms with Crippen LogP contribution in [0.1, 0.15) is 18.9 Å².